The second-order valence-corrected chi connectivity index (χ2v) is 7.75. The molecule has 0 radical (unpaired) electrons. The summed E-state index contributed by atoms with van der Waals surface area (Å²) < 4.78 is 21.3. The number of halogens is 1. The number of ether oxygens (including phenoxy) is 1. The van der Waals surface area contributed by atoms with Crippen LogP contribution in [0.15, 0.2) is 54.7 Å². The Morgan fingerprint density at radius 1 is 1.17 bits per heavy atom. The zero-order valence-corrected chi connectivity index (χ0v) is 17.2. The van der Waals surface area contributed by atoms with Crippen molar-refractivity contribution in [1.82, 2.24) is 19.6 Å². The quantitative estimate of drug-likeness (QED) is 0.636. The third-order valence-electron chi connectivity index (χ3n) is 5.66. The van der Waals surface area contributed by atoms with E-state index in [1.807, 2.05) is 36.5 Å². The number of hydrogen-bond acceptors (Lipinski definition) is 4. The normalized spacial score (nSPS) is 17.2. The number of likely N-dealkylation sites (tertiary alicyclic amines) is 1. The number of rotatable bonds is 6. The van der Waals surface area contributed by atoms with Crippen molar-refractivity contribution in [2.24, 2.45) is 0 Å². The molecule has 1 saturated heterocycles. The van der Waals surface area contributed by atoms with Crippen LogP contribution >= 0.6 is 0 Å². The van der Waals surface area contributed by atoms with E-state index in [2.05, 4.69) is 23.9 Å². The van der Waals surface area contributed by atoms with Gasteiger partial charge >= 0.3 is 0 Å². The van der Waals surface area contributed by atoms with Crippen molar-refractivity contribution < 1.29 is 9.13 Å². The van der Waals surface area contributed by atoms with Gasteiger partial charge in [0.25, 0.3) is 0 Å². The second-order valence-electron chi connectivity index (χ2n) is 7.75. The Labute approximate surface area is 171 Å². The summed E-state index contributed by atoms with van der Waals surface area (Å²) in [5, 5.41) is 4.76. The summed E-state index contributed by atoms with van der Waals surface area (Å²) in [7, 11) is 5.97. The van der Waals surface area contributed by atoms with Gasteiger partial charge < -0.3 is 9.64 Å². The van der Waals surface area contributed by atoms with Gasteiger partial charge in [0, 0.05) is 36.5 Å². The summed E-state index contributed by atoms with van der Waals surface area (Å²) >= 11 is 0. The molecule has 0 bridgehead atoms. The van der Waals surface area contributed by atoms with Gasteiger partial charge in [-0.2, -0.15) is 5.10 Å². The van der Waals surface area contributed by atoms with Gasteiger partial charge in [-0.1, -0.05) is 12.1 Å². The molecule has 0 amide bonds. The highest BCUT2D eigenvalue weighted by molar-refractivity contribution is 5.64. The predicted octanol–water partition coefficient (Wildman–Crippen LogP) is 3.82. The van der Waals surface area contributed by atoms with Crippen LogP contribution in [0.1, 0.15) is 12.0 Å². The van der Waals surface area contributed by atoms with E-state index in [0.29, 0.717) is 11.7 Å². The Bertz CT molecular complexity index is 969. The average molecular weight is 394 g/mol. The van der Waals surface area contributed by atoms with Crippen molar-refractivity contribution in [3.8, 4) is 22.7 Å². The summed E-state index contributed by atoms with van der Waals surface area (Å²) in [6.07, 6.45) is 3.11. The third kappa shape index (κ3) is 4.18. The highest BCUT2D eigenvalue weighted by Gasteiger charge is 2.25. The van der Waals surface area contributed by atoms with E-state index in [4.69, 9.17) is 9.84 Å². The van der Waals surface area contributed by atoms with Crippen LogP contribution in [0.2, 0.25) is 0 Å². The first kappa shape index (κ1) is 19.6. The van der Waals surface area contributed by atoms with E-state index in [-0.39, 0.29) is 5.82 Å². The number of benzene rings is 2. The molecule has 1 aliphatic heterocycles. The molecule has 5 nitrogen and oxygen atoms in total. The first-order valence-corrected chi connectivity index (χ1v) is 9.92. The van der Waals surface area contributed by atoms with Crippen molar-refractivity contribution in [3.05, 3.63) is 66.1 Å². The topological polar surface area (TPSA) is 33.5 Å². The number of hydrogen-bond donors (Lipinski definition) is 0. The minimum Gasteiger partial charge on any atom is -0.497 e. The fourth-order valence-corrected chi connectivity index (χ4v) is 3.95. The molecule has 4 rings (SSSR count). The molecule has 29 heavy (non-hydrogen) atoms. The summed E-state index contributed by atoms with van der Waals surface area (Å²) in [6, 6.07) is 15.1. The van der Waals surface area contributed by atoms with Crippen LogP contribution in [0.5, 0.6) is 5.75 Å². The van der Waals surface area contributed by atoms with Crippen LogP contribution in [0, 0.1) is 5.82 Å². The first-order valence-electron chi connectivity index (χ1n) is 9.92. The maximum absolute atomic E-state index is 14.4. The molecule has 2 heterocycles. The van der Waals surface area contributed by atoms with E-state index in [1.165, 1.54) is 6.07 Å². The van der Waals surface area contributed by atoms with Crippen LogP contribution in [-0.4, -0.2) is 59.9 Å². The van der Waals surface area contributed by atoms with Crippen molar-refractivity contribution in [1.29, 1.82) is 0 Å². The van der Waals surface area contributed by atoms with Gasteiger partial charge in [0.15, 0.2) is 0 Å². The van der Waals surface area contributed by atoms with Crippen molar-refractivity contribution in [3.63, 3.8) is 0 Å². The Hall–Kier alpha value is -2.70. The third-order valence-corrected chi connectivity index (χ3v) is 5.66. The maximum Gasteiger partial charge on any atom is 0.148 e. The van der Waals surface area contributed by atoms with Crippen LogP contribution < -0.4 is 4.74 Å². The lowest BCUT2D eigenvalue weighted by molar-refractivity contribution is 0.234. The van der Waals surface area contributed by atoms with Crippen LogP contribution in [0.3, 0.4) is 0 Å². The van der Waals surface area contributed by atoms with Gasteiger partial charge in [0.05, 0.1) is 12.8 Å². The van der Waals surface area contributed by atoms with E-state index in [0.717, 1.165) is 48.6 Å². The van der Waals surface area contributed by atoms with E-state index >= 15 is 0 Å². The minimum absolute atomic E-state index is 0.284. The number of nitrogens with zero attached hydrogens (tertiary/aromatic N) is 4. The molecule has 1 aromatic heterocycles. The molecule has 6 heteroatoms. The van der Waals surface area contributed by atoms with Gasteiger partial charge in [-0.3, -0.25) is 4.90 Å². The zero-order chi connectivity index (χ0) is 20.4. The molecule has 0 aliphatic carbocycles. The smallest absolute Gasteiger partial charge is 0.148 e. The number of para-hydroxylation sites is 1. The molecule has 2 aromatic carbocycles. The lowest BCUT2D eigenvalue weighted by Crippen LogP contribution is -2.33. The lowest BCUT2D eigenvalue weighted by atomic mass is 10.1. The van der Waals surface area contributed by atoms with Crippen LogP contribution in [-0.2, 0) is 6.54 Å². The molecule has 1 atom stereocenters. The molecule has 0 N–H and O–H groups in total. The van der Waals surface area contributed by atoms with Crippen molar-refractivity contribution in [2.75, 3.05) is 34.3 Å². The summed E-state index contributed by atoms with van der Waals surface area (Å²) in [5.41, 5.74) is 3.40. The second kappa shape index (κ2) is 8.35. The van der Waals surface area contributed by atoms with Gasteiger partial charge in [-0.25, -0.2) is 9.07 Å². The molecule has 1 unspecified atom stereocenters. The fourth-order valence-electron chi connectivity index (χ4n) is 3.95. The van der Waals surface area contributed by atoms with Gasteiger partial charge in [-0.05, 0) is 63.5 Å². The molecule has 152 valence electrons. The van der Waals surface area contributed by atoms with E-state index in [9.17, 15) is 4.39 Å². The number of likely N-dealkylation sites (N-methyl/N-ethyl adjacent to an activating group) is 2. The molecule has 3 aromatic rings. The standard InChI is InChI=1S/C23H27FN4O/c1-26-13-12-19(16-26)27(2)14-18-15-28(22-7-5-4-6-21(22)24)25-23(18)17-8-10-20(29-3)11-9-17/h4-11,15,19H,12-14,16H2,1-3H3. The fraction of sp³-hybridized carbons (Fsp3) is 0.348. The highest BCUT2D eigenvalue weighted by Crippen LogP contribution is 2.28. The first-order chi connectivity index (χ1) is 14.0. The Morgan fingerprint density at radius 2 is 1.93 bits per heavy atom. The molecular weight excluding hydrogens is 367 g/mol. The van der Waals surface area contributed by atoms with Crippen LogP contribution in [0.4, 0.5) is 4.39 Å². The maximum atomic E-state index is 14.4. The van der Waals surface area contributed by atoms with Crippen molar-refractivity contribution in [2.45, 2.75) is 19.0 Å². The Kier molecular flexibility index (Phi) is 5.65. The average Bonchev–Trinajstić information content (AvgIpc) is 3.35. The molecule has 0 saturated carbocycles. The van der Waals surface area contributed by atoms with Crippen molar-refractivity contribution >= 4 is 0 Å². The Balaban J connectivity index is 1.70. The largest absolute Gasteiger partial charge is 0.497 e. The monoisotopic (exact) mass is 394 g/mol. The minimum atomic E-state index is -0.284. The van der Waals surface area contributed by atoms with E-state index < -0.39 is 0 Å². The zero-order valence-electron chi connectivity index (χ0n) is 17.2. The molecule has 1 fully saturated rings. The SMILES string of the molecule is COc1ccc(-c2nn(-c3ccccc3F)cc2CN(C)C2CCN(C)C2)cc1. The highest BCUT2D eigenvalue weighted by atomic mass is 19.1. The lowest BCUT2D eigenvalue weighted by Gasteiger charge is -2.24. The van der Waals surface area contributed by atoms with Crippen LogP contribution in [0.25, 0.3) is 16.9 Å². The predicted molar refractivity (Wildman–Crippen MR) is 113 cm³/mol. The van der Waals surface area contributed by atoms with Gasteiger partial charge in [0.2, 0.25) is 0 Å². The molecular formula is C23H27FN4O. The molecule has 0 spiro atoms. The molecule has 1 aliphatic rings. The Morgan fingerprint density at radius 3 is 2.59 bits per heavy atom. The van der Waals surface area contributed by atoms with Gasteiger partial charge in [0.1, 0.15) is 17.3 Å². The summed E-state index contributed by atoms with van der Waals surface area (Å²) in [4.78, 5) is 4.73. The van der Waals surface area contributed by atoms with Gasteiger partial charge in [-0.15, -0.1) is 0 Å². The summed E-state index contributed by atoms with van der Waals surface area (Å²) in [5.74, 6) is 0.517. The van der Waals surface area contributed by atoms with E-state index in [1.54, 1.807) is 23.9 Å². The number of methoxy groups -OCH3 is 1. The summed E-state index contributed by atoms with van der Waals surface area (Å²) in [6.45, 7) is 2.94. The number of aromatic nitrogens is 2.